The molecule has 162 valence electrons. The van der Waals surface area contributed by atoms with Crippen LogP contribution in [-0.2, 0) is 16.0 Å². The molecule has 30 heavy (non-hydrogen) atoms. The zero-order valence-corrected chi connectivity index (χ0v) is 18.0. The molecule has 0 bridgehead atoms. The first-order valence-corrected chi connectivity index (χ1v) is 10.5. The molecule has 0 aliphatic carbocycles. The predicted octanol–water partition coefficient (Wildman–Crippen LogP) is 4.04. The average Bonchev–Trinajstić information content (AvgIpc) is 3.19. The number of benzene rings is 1. The molecule has 0 radical (unpaired) electrons. The fraction of sp³-hybridized carbons (Fsp3) is 0.522. The first kappa shape index (κ1) is 21.9. The van der Waals surface area contributed by atoms with Crippen LogP contribution in [0.3, 0.4) is 0 Å². The molecule has 1 aromatic heterocycles. The Kier molecular flexibility index (Phi) is 7.13. The number of piperidine rings is 1. The molecule has 2 heterocycles. The summed E-state index contributed by atoms with van der Waals surface area (Å²) in [7, 11) is 0. The van der Waals surface area contributed by atoms with E-state index in [4.69, 9.17) is 9.15 Å². The van der Waals surface area contributed by atoms with Gasteiger partial charge >= 0.3 is 6.09 Å². The first-order chi connectivity index (χ1) is 14.3. The van der Waals surface area contributed by atoms with E-state index < -0.39 is 5.60 Å². The average molecular weight is 414 g/mol. The van der Waals surface area contributed by atoms with Crippen LogP contribution in [-0.4, -0.2) is 47.1 Å². The fourth-order valence-electron chi connectivity index (χ4n) is 3.46. The predicted molar refractivity (Wildman–Crippen MR) is 114 cm³/mol. The normalized spacial score (nSPS) is 15.1. The van der Waals surface area contributed by atoms with Crippen LogP contribution in [0.15, 0.2) is 40.9 Å². The number of nitrogens with one attached hydrogen (secondary N) is 1. The lowest BCUT2D eigenvalue weighted by Gasteiger charge is -2.32. The summed E-state index contributed by atoms with van der Waals surface area (Å²) in [5.74, 6) is 1.78. The molecular formula is C23H31N3O4. The number of hydrogen-bond donors (Lipinski definition) is 1. The van der Waals surface area contributed by atoms with Crippen molar-refractivity contribution in [2.24, 2.45) is 5.92 Å². The summed E-state index contributed by atoms with van der Waals surface area (Å²) >= 11 is 0. The third-order valence-corrected chi connectivity index (χ3v) is 5.07. The molecule has 2 amide bonds. The van der Waals surface area contributed by atoms with Crippen LogP contribution in [0, 0.1) is 5.92 Å². The number of likely N-dealkylation sites (tertiary alicyclic amines) is 1. The number of aromatic nitrogens is 1. The SMILES string of the molecule is CC(C)(C)OC(=O)NCC1CCN(C(=O)CCc2ncc(-c3ccccc3)o2)CC1. The van der Waals surface area contributed by atoms with Gasteiger partial charge in [0.1, 0.15) is 5.60 Å². The lowest BCUT2D eigenvalue weighted by molar-refractivity contribution is -0.132. The molecule has 1 aliphatic heterocycles. The van der Waals surface area contributed by atoms with Crippen molar-refractivity contribution in [2.75, 3.05) is 19.6 Å². The van der Waals surface area contributed by atoms with E-state index in [1.54, 1.807) is 6.20 Å². The number of rotatable bonds is 6. The number of nitrogens with zero attached hydrogens (tertiary/aromatic N) is 2. The lowest BCUT2D eigenvalue weighted by atomic mass is 9.96. The first-order valence-electron chi connectivity index (χ1n) is 10.5. The number of carbonyl (C=O) groups excluding carboxylic acids is 2. The molecule has 1 N–H and O–H groups in total. The van der Waals surface area contributed by atoms with E-state index in [0.29, 0.717) is 44.3 Å². The number of alkyl carbamates (subject to hydrolysis) is 1. The Hall–Kier alpha value is -2.83. The molecule has 7 nitrogen and oxygen atoms in total. The Morgan fingerprint density at radius 3 is 2.57 bits per heavy atom. The number of amides is 2. The molecule has 3 rings (SSSR count). The number of aryl methyl sites for hydroxylation is 1. The summed E-state index contributed by atoms with van der Waals surface area (Å²) in [6.07, 6.45) is 3.94. The Morgan fingerprint density at radius 2 is 1.90 bits per heavy atom. The highest BCUT2D eigenvalue weighted by atomic mass is 16.6. The zero-order valence-electron chi connectivity index (χ0n) is 18.0. The zero-order chi connectivity index (χ0) is 21.6. The van der Waals surface area contributed by atoms with Gasteiger partial charge in [-0.15, -0.1) is 0 Å². The van der Waals surface area contributed by atoms with Crippen molar-refractivity contribution in [3.63, 3.8) is 0 Å². The molecule has 2 aromatic rings. The van der Waals surface area contributed by atoms with Crippen molar-refractivity contribution in [1.82, 2.24) is 15.2 Å². The second-order valence-corrected chi connectivity index (χ2v) is 8.69. The van der Waals surface area contributed by atoms with E-state index in [9.17, 15) is 9.59 Å². The molecule has 0 saturated carbocycles. The van der Waals surface area contributed by atoms with E-state index in [0.717, 1.165) is 24.2 Å². The minimum absolute atomic E-state index is 0.119. The largest absolute Gasteiger partial charge is 0.444 e. The van der Waals surface area contributed by atoms with E-state index in [2.05, 4.69) is 10.3 Å². The number of ether oxygens (including phenoxy) is 1. The van der Waals surface area contributed by atoms with Crippen molar-refractivity contribution in [2.45, 2.75) is 52.1 Å². The van der Waals surface area contributed by atoms with Crippen molar-refractivity contribution in [3.05, 3.63) is 42.4 Å². The van der Waals surface area contributed by atoms with Gasteiger partial charge in [0, 0.05) is 38.0 Å². The van der Waals surface area contributed by atoms with Gasteiger partial charge in [0.15, 0.2) is 11.7 Å². The van der Waals surface area contributed by atoms with Crippen molar-refractivity contribution >= 4 is 12.0 Å². The van der Waals surface area contributed by atoms with Crippen LogP contribution >= 0.6 is 0 Å². The van der Waals surface area contributed by atoms with Crippen molar-refractivity contribution in [1.29, 1.82) is 0 Å². The molecule has 1 saturated heterocycles. The fourth-order valence-corrected chi connectivity index (χ4v) is 3.46. The highest BCUT2D eigenvalue weighted by molar-refractivity contribution is 5.76. The van der Waals surface area contributed by atoms with E-state index in [-0.39, 0.29) is 12.0 Å². The van der Waals surface area contributed by atoms with Gasteiger partial charge in [-0.3, -0.25) is 4.79 Å². The Bertz CT molecular complexity index is 834. The topological polar surface area (TPSA) is 84.7 Å². The Balaban J connectivity index is 1.38. The van der Waals surface area contributed by atoms with E-state index in [1.807, 2.05) is 56.0 Å². The summed E-state index contributed by atoms with van der Waals surface area (Å²) in [5, 5.41) is 2.83. The van der Waals surface area contributed by atoms with Crippen molar-refractivity contribution < 1.29 is 18.7 Å². The maximum Gasteiger partial charge on any atom is 0.407 e. The van der Waals surface area contributed by atoms with Crippen LogP contribution in [0.1, 0.15) is 45.9 Å². The second kappa shape index (κ2) is 9.78. The Morgan fingerprint density at radius 1 is 1.20 bits per heavy atom. The molecule has 0 spiro atoms. The van der Waals surface area contributed by atoms with Gasteiger partial charge in [-0.2, -0.15) is 0 Å². The minimum atomic E-state index is -0.495. The van der Waals surface area contributed by atoms with Gasteiger partial charge in [0.2, 0.25) is 5.91 Å². The standard InChI is InChI=1S/C23H31N3O4/c1-23(2,3)30-22(28)25-15-17-11-13-26(14-12-17)21(27)10-9-20-24-16-19(29-20)18-7-5-4-6-8-18/h4-8,16-17H,9-15H2,1-3H3,(H,25,28). The number of hydrogen-bond acceptors (Lipinski definition) is 5. The lowest BCUT2D eigenvalue weighted by Crippen LogP contribution is -2.42. The van der Waals surface area contributed by atoms with Crippen LogP contribution in [0.2, 0.25) is 0 Å². The van der Waals surface area contributed by atoms with Gasteiger partial charge in [-0.25, -0.2) is 9.78 Å². The monoisotopic (exact) mass is 413 g/mol. The molecule has 0 unspecified atom stereocenters. The summed E-state index contributed by atoms with van der Waals surface area (Å²) in [4.78, 5) is 30.5. The van der Waals surface area contributed by atoms with Gasteiger partial charge < -0.3 is 19.4 Å². The smallest absolute Gasteiger partial charge is 0.407 e. The molecule has 0 atom stereocenters. The second-order valence-electron chi connectivity index (χ2n) is 8.69. The summed E-state index contributed by atoms with van der Waals surface area (Å²) in [5.41, 5.74) is 0.481. The number of oxazole rings is 1. The number of carbonyl (C=O) groups is 2. The molecule has 1 fully saturated rings. The molecule has 7 heteroatoms. The van der Waals surface area contributed by atoms with Gasteiger partial charge in [0.25, 0.3) is 0 Å². The van der Waals surface area contributed by atoms with Crippen LogP contribution in [0.4, 0.5) is 4.79 Å². The van der Waals surface area contributed by atoms with Gasteiger partial charge in [-0.1, -0.05) is 30.3 Å². The van der Waals surface area contributed by atoms with Gasteiger partial charge in [0.05, 0.1) is 6.20 Å². The summed E-state index contributed by atoms with van der Waals surface area (Å²) < 4.78 is 11.0. The molecule has 1 aliphatic rings. The maximum atomic E-state index is 12.5. The highest BCUT2D eigenvalue weighted by Crippen LogP contribution is 2.21. The van der Waals surface area contributed by atoms with E-state index in [1.165, 1.54) is 0 Å². The molecule has 1 aromatic carbocycles. The van der Waals surface area contributed by atoms with Crippen molar-refractivity contribution in [3.8, 4) is 11.3 Å². The Labute approximate surface area is 177 Å². The van der Waals surface area contributed by atoms with E-state index >= 15 is 0 Å². The summed E-state index contributed by atoms with van der Waals surface area (Å²) in [6, 6.07) is 9.80. The minimum Gasteiger partial charge on any atom is -0.444 e. The quantitative estimate of drug-likeness (QED) is 0.773. The third-order valence-electron chi connectivity index (χ3n) is 5.07. The van der Waals surface area contributed by atoms with Gasteiger partial charge in [-0.05, 0) is 39.5 Å². The highest BCUT2D eigenvalue weighted by Gasteiger charge is 2.24. The summed E-state index contributed by atoms with van der Waals surface area (Å²) in [6.45, 7) is 7.53. The maximum absolute atomic E-state index is 12.5. The van der Waals surface area contributed by atoms with Crippen LogP contribution < -0.4 is 5.32 Å². The van der Waals surface area contributed by atoms with Crippen LogP contribution in [0.5, 0.6) is 0 Å². The van der Waals surface area contributed by atoms with Crippen LogP contribution in [0.25, 0.3) is 11.3 Å². The third kappa shape index (κ3) is 6.61. The molecular weight excluding hydrogens is 382 g/mol.